The predicted octanol–water partition coefficient (Wildman–Crippen LogP) is 7.01. The number of amides is 1. The lowest BCUT2D eigenvalue weighted by Crippen LogP contribution is -2.37. The molecule has 0 spiro atoms. The van der Waals surface area contributed by atoms with Crippen molar-refractivity contribution < 1.29 is 9.18 Å². The molecule has 2 nitrogen and oxygen atoms in total. The average Bonchev–Trinajstić information content (AvgIpc) is 2.76. The van der Waals surface area contributed by atoms with E-state index < -0.39 is 5.92 Å². The maximum atomic E-state index is 14.9. The summed E-state index contributed by atoms with van der Waals surface area (Å²) in [5.74, 6) is -0.845. The third kappa shape index (κ3) is 3.39. The minimum Gasteiger partial charge on any atom is -0.308 e. The smallest absolute Gasteiger partial charge is 0.228 e. The van der Waals surface area contributed by atoms with E-state index in [1.165, 1.54) is 6.07 Å². The number of benzene rings is 4. The molecule has 4 aromatic rings. The van der Waals surface area contributed by atoms with Crippen LogP contribution in [0.1, 0.15) is 34.6 Å². The lowest BCUT2D eigenvalue weighted by molar-refractivity contribution is -0.119. The minimum absolute atomic E-state index is 0.0321. The minimum atomic E-state index is -0.435. The van der Waals surface area contributed by atoms with Gasteiger partial charge in [0.05, 0.1) is 6.54 Å². The monoisotopic (exact) mass is 429 g/mol. The van der Waals surface area contributed by atoms with Crippen LogP contribution in [-0.2, 0) is 11.3 Å². The molecule has 0 saturated heterocycles. The summed E-state index contributed by atoms with van der Waals surface area (Å²) in [5.41, 5.74) is 4.40. The maximum Gasteiger partial charge on any atom is 0.228 e. The first-order valence-electron chi connectivity index (χ1n) is 10.3. The number of anilines is 1. The summed E-state index contributed by atoms with van der Waals surface area (Å²) in [7, 11) is 0. The van der Waals surface area contributed by atoms with Crippen molar-refractivity contribution in [3.8, 4) is 0 Å². The Kier molecular flexibility index (Phi) is 4.99. The fourth-order valence-electron chi connectivity index (χ4n) is 4.63. The van der Waals surface area contributed by atoms with Gasteiger partial charge >= 0.3 is 0 Å². The summed E-state index contributed by atoms with van der Waals surface area (Å²) >= 11 is 6.45. The Morgan fingerprint density at radius 3 is 2.52 bits per heavy atom. The van der Waals surface area contributed by atoms with Crippen molar-refractivity contribution in [3.63, 3.8) is 0 Å². The quantitative estimate of drug-likeness (QED) is 0.343. The van der Waals surface area contributed by atoms with Gasteiger partial charge in [-0.1, -0.05) is 72.3 Å². The fraction of sp³-hybridized carbons (Fsp3) is 0.148. The molecule has 1 aliphatic rings. The van der Waals surface area contributed by atoms with E-state index in [0.29, 0.717) is 17.1 Å². The zero-order chi connectivity index (χ0) is 21.5. The molecule has 1 heterocycles. The molecular weight excluding hydrogens is 409 g/mol. The van der Waals surface area contributed by atoms with Gasteiger partial charge in [0, 0.05) is 28.6 Å². The maximum absolute atomic E-state index is 14.9. The fourth-order valence-corrected chi connectivity index (χ4v) is 4.92. The van der Waals surface area contributed by atoms with Crippen LogP contribution in [0.3, 0.4) is 0 Å². The second-order valence-corrected chi connectivity index (χ2v) is 8.43. The second-order valence-electron chi connectivity index (χ2n) is 8.02. The number of halogens is 2. The van der Waals surface area contributed by atoms with Gasteiger partial charge in [-0.15, -0.1) is 0 Å². The van der Waals surface area contributed by atoms with Crippen LogP contribution in [0.15, 0.2) is 78.9 Å². The topological polar surface area (TPSA) is 20.3 Å². The van der Waals surface area contributed by atoms with Crippen LogP contribution in [0.2, 0.25) is 5.02 Å². The average molecular weight is 430 g/mol. The number of carbonyl (C=O) groups excluding carboxylic acids is 1. The zero-order valence-corrected chi connectivity index (χ0v) is 17.9. The van der Waals surface area contributed by atoms with E-state index in [1.807, 2.05) is 72.5 Å². The molecule has 0 fully saturated rings. The van der Waals surface area contributed by atoms with E-state index in [9.17, 15) is 9.18 Å². The normalized spacial score (nSPS) is 15.9. The van der Waals surface area contributed by atoms with Gasteiger partial charge in [-0.05, 0) is 52.6 Å². The Morgan fingerprint density at radius 2 is 1.71 bits per heavy atom. The van der Waals surface area contributed by atoms with Crippen molar-refractivity contribution >= 4 is 34.0 Å². The van der Waals surface area contributed by atoms with Gasteiger partial charge in [-0.3, -0.25) is 4.79 Å². The number of carbonyl (C=O) groups is 1. The van der Waals surface area contributed by atoms with Gasteiger partial charge in [0.1, 0.15) is 5.82 Å². The van der Waals surface area contributed by atoms with Gasteiger partial charge in [-0.2, -0.15) is 0 Å². The zero-order valence-electron chi connectivity index (χ0n) is 17.1. The molecule has 1 unspecified atom stereocenters. The number of nitrogens with zero attached hydrogens (tertiary/aromatic N) is 1. The van der Waals surface area contributed by atoms with E-state index >= 15 is 0 Å². The van der Waals surface area contributed by atoms with E-state index in [4.69, 9.17) is 11.6 Å². The Hall–Kier alpha value is -3.17. The molecule has 0 aliphatic carbocycles. The summed E-state index contributed by atoms with van der Waals surface area (Å²) in [6, 6.07) is 24.8. The first-order chi connectivity index (χ1) is 15.0. The van der Waals surface area contributed by atoms with Gasteiger partial charge in [-0.25, -0.2) is 4.39 Å². The molecule has 31 heavy (non-hydrogen) atoms. The van der Waals surface area contributed by atoms with Crippen molar-refractivity contribution in [1.82, 2.24) is 0 Å². The van der Waals surface area contributed by atoms with Gasteiger partial charge in [0.2, 0.25) is 5.91 Å². The van der Waals surface area contributed by atoms with Crippen molar-refractivity contribution in [2.75, 3.05) is 4.90 Å². The molecule has 4 heteroatoms. The van der Waals surface area contributed by atoms with Gasteiger partial charge in [0.25, 0.3) is 0 Å². The third-order valence-corrected chi connectivity index (χ3v) is 6.53. The Balaban J connectivity index is 1.73. The third-order valence-electron chi connectivity index (χ3n) is 6.20. The highest BCUT2D eigenvalue weighted by atomic mass is 35.5. The Labute approximate surface area is 185 Å². The Bertz CT molecular complexity index is 1300. The number of hydrogen-bond acceptors (Lipinski definition) is 1. The molecule has 4 aromatic carbocycles. The van der Waals surface area contributed by atoms with Crippen molar-refractivity contribution in [2.24, 2.45) is 0 Å². The van der Waals surface area contributed by atoms with Gasteiger partial charge < -0.3 is 4.90 Å². The molecule has 0 N–H and O–H groups in total. The second kappa shape index (κ2) is 7.82. The molecule has 0 bridgehead atoms. The van der Waals surface area contributed by atoms with E-state index in [1.54, 1.807) is 12.1 Å². The summed E-state index contributed by atoms with van der Waals surface area (Å²) in [6.07, 6.45) is 0.174. The van der Waals surface area contributed by atoms with Crippen molar-refractivity contribution in [2.45, 2.75) is 25.8 Å². The standard InChI is InChI=1S/C27H21ClFNO/c1-17-7-2-3-9-19(17)16-30-24-14-13-18-8-4-5-10-20(18)26(24)21(15-25(30)31)27-22(28)11-6-12-23(27)29/h2-14,21H,15-16H2,1H3. The van der Waals surface area contributed by atoms with E-state index in [2.05, 4.69) is 0 Å². The number of hydrogen-bond donors (Lipinski definition) is 0. The van der Waals surface area contributed by atoms with E-state index in [-0.39, 0.29) is 18.1 Å². The highest BCUT2D eigenvalue weighted by molar-refractivity contribution is 6.31. The van der Waals surface area contributed by atoms with Crippen molar-refractivity contribution in [3.05, 3.63) is 112 Å². The number of fused-ring (bicyclic) bond motifs is 3. The molecule has 0 radical (unpaired) electrons. The first-order valence-corrected chi connectivity index (χ1v) is 10.7. The van der Waals surface area contributed by atoms with Crippen LogP contribution in [-0.4, -0.2) is 5.91 Å². The summed E-state index contributed by atoms with van der Waals surface area (Å²) in [4.78, 5) is 15.2. The van der Waals surface area contributed by atoms with Crippen LogP contribution in [0.5, 0.6) is 0 Å². The van der Waals surface area contributed by atoms with Crippen LogP contribution in [0.25, 0.3) is 10.8 Å². The summed E-state index contributed by atoms with van der Waals surface area (Å²) < 4.78 is 14.9. The molecule has 1 amide bonds. The van der Waals surface area contributed by atoms with Crippen LogP contribution in [0.4, 0.5) is 10.1 Å². The van der Waals surface area contributed by atoms with Gasteiger partial charge in [0.15, 0.2) is 0 Å². The lowest BCUT2D eigenvalue weighted by Gasteiger charge is -2.36. The molecule has 1 aliphatic heterocycles. The highest BCUT2D eigenvalue weighted by Crippen LogP contribution is 2.46. The Morgan fingerprint density at radius 1 is 0.935 bits per heavy atom. The lowest BCUT2D eigenvalue weighted by atomic mass is 9.81. The predicted molar refractivity (Wildman–Crippen MR) is 124 cm³/mol. The summed E-state index contributed by atoms with van der Waals surface area (Å²) in [6.45, 7) is 2.53. The molecule has 0 saturated carbocycles. The van der Waals surface area contributed by atoms with Crippen LogP contribution in [0, 0.1) is 12.7 Å². The molecular formula is C27H21ClFNO. The van der Waals surface area contributed by atoms with E-state index in [0.717, 1.165) is 33.2 Å². The molecule has 0 aromatic heterocycles. The largest absolute Gasteiger partial charge is 0.308 e. The molecule has 154 valence electrons. The van der Waals surface area contributed by atoms with Crippen molar-refractivity contribution in [1.29, 1.82) is 0 Å². The highest BCUT2D eigenvalue weighted by Gasteiger charge is 2.36. The number of aryl methyl sites for hydroxylation is 1. The first kappa shape index (κ1) is 19.8. The summed E-state index contributed by atoms with van der Waals surface area (Å²) in [5, 5.41) is 2.43. The number of rotatable bonds is 3. The SMILES string of the molecule is Cc1ccccc1CN1C(=O)CC(c2c(F)cccc2Cl)c2c1ccc1ccccc21. The molecule has 5 rings (SSSR count). The van der Waals surface area contributed by atoms with Crippen LogP contribution >= 0.6 is 11.6 Å². The van der Waals surface area contributed by atoms with Crippen LogP contribution < -0.4 is 4.90 Å². The molecule has 1 atom stereocenters.